The van der Waals surface area contributed by atoms with Crippen LogP contribution in [0.25, 0.3) is 0 Å². The first kappa shape index (κ1) is 14.0. The molecule has 0 aromatic carbocycles. The number of urea groups is 1. The Kier molecular flexibility index (Phi) is 5.65. The highest BCUT2D eigenvalue weighted by Crippen LogP contribution is 1.93. The number of carbonyl (C=O) groups excluding carboxylic acids is 1. The van der Waals surface area contributed by atoms with Crippen LogP contribution < -0.4 is 10.6 Å². The molecule has 0 saturated heterocycles. The van der Waals surface area contributed by atoms with E-state index in [4.69, 9.17) is 10.2 Å². The number of nitrogens with one attached hydrogen (secondary N) is 3. The number of aliphatic hydroxyl groups is 1. The van der Waals surface area contributed by atoms with Crippen molar-refractivity contribution in [2.24, 2.45) is 0 Å². The number of carboxylic acid groups (broad SMARTS) is 1. The molecule has 18 heavy (non-hydrogen) atoms. The van der Waals surface area contributed by atoms with E-state index in [0.29, 0.717) is 19.4 Å². The summed E-state index contributed by atoms with van der Waals surface area (Å²) in [6.07, 6.45) is 3.22. The van der Waals surface area contributed by atoms with Crippen LogP contribution in [0, 0.1) is 0 Å². The van der Waals surface area contributed by atoms with E-state index in [-0.39, 0.29) is 6.54 Å². The first-order valence-corrected chi connectivity index (χ1v) is 5.50. The van der Waals surface area contributed by atoms with Gasteiger partial charge < -0.3 is 25.8 Å². The molecular formula is C10H16N4O4. The molecule has 8 nitrogen and oxygen atoms in total. The summed E-state index contributed by atoms with van der Waals surface area (Å²) in [6.45, 7) is 0.120. The molecule has 0 bridgehead atoms. The van der Waals surface area contributed by atoms with E-state index in [1.54, 1.807) is 12.4 Å². The molecule has 100 valence electrons. The van der Waals surface area contributed by atoms with Gasteiger partial charge in [-0.05, 0) is 6.42 Å². The van der Waals surface area contributed by atoms with E-state index in [2.05, 4.69) is 20.6 Å². The average molecular weight is 256 g/mol. The zero-order valence-corrected chi connectivity index (χ0v) is 9.72. The number of aromatic amines is 1. The third kappa shape index (κ3) is 5.30. The fourth-order valence-electron chi connectivity index (χ4n) is 1.23. The van der Waals surface area contributed by atoms with Crippen molar-refractivity contribution in [3.63, 3.8) is 0 Å². The van der Waals surface area contributed by atoms with Crippen LogP contribution in [0.15, 0.2) is 12.4 Å². The third-order valence-electron chi connectivity index (χ3n) is 2.17. The van der Waals surface area contributed by atoms with Crippen LogP contribution >= 0.6 is 0 Å². The summed E-state index contributed by atoms with van der Waals surface area (Å²) in [5.41, 5.74) is 0. The number of aliphatic carboxylic acids is 1. The van der Waals surface area contributed by atoms with Crippen LogP contribution in [0.5, 0.6) is 0 Å². The minimum Gasteiger partial charge on any atom is -0.479 e. The smallest absolute Gasteiger partial charge is 0.334 e. The molecule has 1 aromatic heterocycles. The second-order valence-corrected chi connectivity index (χ2v) is 3.63. The van der Waals surface area contributed by atoms with Gasteiger partial charge >= 0.3 is 12.0 Å². The zero-order valence-electron chi connectivity index (χ0n) is 9.72. The van der Waals surface area contributed by atoms with Crippen molar-refractivity contribution in [1.29, 1.82) is 0 Å². The first-order chi connectivity index (χ1) is 8.59. The maximum absolute atomic E-state index is 11.2. The summed E-state index contributed by atoms with van der Waals surface area (Å²) in [5.74, 6) is -0.522. The first-order valence-electron chi connectivity index (χ1n) is 5.50. The molecule has 0 fully saturated rings. The summed E-state index contributed by atoms with van der Waals surface area (Å²) in [4.78, 5) is 28.4. The Hall–Kier alpha value is -2.09. The van der Waals surface area contributed by atoms with Gasteiger partial charge in [0.15, 0.2) is 6.10 Å². The van der Waals surface area contributed by atoms with E-state index in [9.17, 15) is 9.59 Å². The molecule has 1 rings (SSSR count). The monoisotopic (exact) mass is 256 g/mol. The molecule has 0 aliphatic carbocycles. The number of aryl methyl sites for hydroxylation is 1. The van der Waals surface area contributed by atoms with Gasteiger partial charge in [0.05, 0.1) is 6.54 Å². The van der Waals surface area contributed by atoms with Gasteiger partial charge in [0.25, 0.3) is 0 Å². The van der Waals surface area contributed by atoms with Gasteiger partial charge in [-0.3, -0.25) is 0 Å². The van der Waals surface area contributed by atoms with E-state index in [0.717, 1.165) is 5.82 Å². The molecule has 0 unspecified atom stereocenters. The molecule has 0 aliphatic rings. The van der Waals surface area contributed by atoms with Crippen molar-refractivity contribution in [3.05, 3.63) is 18.2 Å². The largest absolute Gasteiger partial charge is 0.479 e. The molecule has 5 N–H and O–H groups in total. The number of hydrogen-bond donors (Lipinski definition) is 5. The number of hydrogen-bond acceptors (Lipinski definition) is 4. The van der Waals surface area contributed by atoms with Crippen molar-refractivity contribution in [1.82, 2.24) is 20.6 Å². The Morgan fingerprint density at radius 1 is 1.44 bits per heavy atom. The Morgan fingerprint density at radius 2 is 2.22 bits per heavy atom. The number of carboxylic acids is 1. The minimum atomic E-state index is -1.58. The van der Waals surface area contributed by atoms with E-state index < -0.39 is 18.1 Å². The normalized spacial score (nSPS) is 11.8. The summed E-state index contributed by atoms with van der Waals surface area (Å²) < 4.78 is 0. The predicted molar refractivity (Wildman–Crippen MR) is 62.0 cm³/mol. The van der Waals surface area contributed by atoms with E-state index >= 15 is 0 Å². The van der Waals surface area contributed by atoms with Crippen LogP contribution in [0.1, 0.15) is 12.2 Å². The number of amides is 2. The van der Waals surface area contributed by atoms with Crippen LogP contribution in [-0.4, -0.2) is 51.4 Å². The lowest BCUT2D eigenvalue weighted by Gasteiger charge is -2.08. The number of aliphatic hydroxyl groups excluding tert-OH is 1. The highest BCUT2D eigenvalue weighted by Gasteiger charge is 2.13. The third-order valence-corrected chi connectivity index (χ3v) is 2.17. The van der Waals surface area contributed by atoms with Crippen molar-refractivity contribution in [3.8, 4) is 0 Å². The van der Waals surface area contributed by atoms with Crippen LogP contribution in [0.2, 0.25) is 0 Å². The molecule has 8 heteroatoms. The number of aromatic nitrogens is 2. The lowest BCUT2D eigenvalue weighted by atomic mass is 10.3. The minimum absolute atomic E-state index is 0.320. The Bertz CT molecular complexity index is 379. The number of imidazole rings is 1. The van der Waals surface area contributed by atoms with Crippen molar-refractivity contribution >= 4 is 12.0 Å². The molecule has 1 aromatic rings. The molecule has 2 amide bonds. The number of carbonyl (C=O) groups is 2. The number of nitrogens with zero attached hydrogens (tertiary/aromatic N) is 1. The molecule has 1 atom stereocenters. The maximum Gasteiger partial charge on any atom is 0.334 e. The highest BCUT2D eigenvalue weighted by atomic mass is 16.4. The van der Waals surface area contributed by atoms with Gasteiger partial charge in [0.2, 0.25) is 0 Å². The fourth-order valence-corrected chi connectivity index (χ4v) is 1.23. The Labute approximate surface area is 103 Å². The van der Waals surface area contributed by atoms with E-state index in [1.807, 2.05) is 0 Å². The average Bonchev–Trinajstić information content (AvgIpc) is 2.84. The Balaban J connectivity index is 2.05. The van der Waals surface area contributed by atoms with Crippen LogP contribution in [-0.2, 0) is 11.2 Å². The number of rotatable bonds is 7. The lowest BCUT2D eigenvalue weighted by Crippen LogP contribution is -2.42. The lowest BCUT2D eigenvalue weighted by molar-refractivity contribution is -0.146. The standard InChI is InChI=1S/C10H16N4O4/c15-7(9(16)17)6-14-10(18)13-3-1-2-8-11-4-5-12-8/h4-5,7,15H,1-3,6H2,(H,11,12)(H,16,17)(H2,13,14,18)/t7-/m0/s1. The molecule has 0 aliphatic heterocycles. The van der Waals surface area contributed by atoms with Crippen molar-refractivity contribution in [2.75, 3.05) is 13.1 Å². The second-order valence-electron chi connectivity index (χ2n) is 3.63. The molecular weight excluding hydrogens is 240 g/mol. The topological polar surface area (TPSA) is 127 Å². The van der Waals surface area contributed by atoms with Gasteiger partial charge in [-0.2, -0.15) is 0 Å². The fraction of sp³-hybridized carbons (Fsp3) is 0.500. The zero-order chi connectivity index (χ0) is 13.4. The van der Waals surface area contributed by atoms with Crippen LogP contribution in [0.3, 0.4) is 0 Å². The highest BCUT2D eigenvalue weighted by molar-refractivity contribution is 5.76. The Morgan fingerprint density at radius 3 is 2.83 bits per heavy atom. The summed E-state index contributed by atoms with van der Waals surface area (Å²) in [5, 5.41) is 22.1. The van der Waals surface area contributed by atoms with Crippen molar-refractivity contribution < 1.29 is 19.8 Å². The second kappa shape index (κ2) is 7.28. The summed E-state index contributed by atoms with van der Waals surface area (Å²) in [6, 6.07) is -0.505. The molecule has 1 heterocycles. The quantitative estimate of drug-likeness (QED) is 0.403. The van der Waals surface area contributed by atoms with Gasteiger partial charge in [0, 0.05) is 25.4 Å². The van der Waals surface area contributed by atoms with E-state index in [1.165, 1.54) is 0 Å². The molecule has 0 spiro atoms. The summed E-state index contributed by atoms with van der Waals surface area (Å²) in [7, 11) is 0. The van der Waals surface area contributed by atoms with Crippen molar-refractivity contribution in [2.45, 2.75) is 18.9 Å². The van der Waals surface area contributed by atoms with Gasteiger partial charge in [-0.1, -0.05) is 0 Å². The number of H-pyrrole nitrogens is 1. The SMILES string of the molecule is O=C(NCCCc1ncc[nH]1)NC[C@H](O)C(=O)O. The maximum atomic E-state index is 11.2. The van der Waals surface area contributed by atoms with Gasteiger partial charge in [0.1, 0.15) is 5.82 Å². The predicted octanol–water partition coefficient (Wildman–Crippen LogP) is -0.913. The molecule has 0 saturated carbocycles. The van der Waals surface area contributed by atoms with Gasteiger partial charge in [-0.15, -0.1) is 0 Å². The molecule has 0 radical (unpaired) electrons. The van der Waals surface area contributed by atoms with Crippen LogP contribution in [0.4, 0.5) is 4.79 Å². The summed E-state index contributed by atoms with van der Waals surface area (Å²) >= 11 is 0. The van der Waals surface area contributed by atoms with Gasteiger partial charge in [-0.25, -0.2) is 14.6 Å².